The first-order valence-corrected chi connectivity index (χ1v) is 11.1. The number of nitrogens with zero attached hydrogens (tertiary/aromatic N) is 4. The van der Waals surface area contributed by atoms with E-state index in [1.165, 1.54) is 4.88 Å². The van der Waals surface area contributed by atoms with Gasteiger partial charge in [-0.15, -0.1) is 11.3 Å². The molecule has 160 valence electrons. The molecule has 8 nitrogen and oxygen atoms in total. The van der Waals surface area contributed by atoms with Crippen LogP contribution < -0.4 is 10.6 Å². The number of rotatable bonds is 8. The summed E-state index contributed by atoms with van der Waals surface area (Å²) in [4.78, 5) is 12.6. The van der Waals surface area contributed by atoms with E-state index >= 15 is 0 Å². The number of aliphatic imine (C=N–C) groups is 1. The zero-order valence-electron chi connectivity index (χ0n) is 17.7. The lowest BCUT2D eigenvalue weighted by molar-refractivity contribution is -0.0334. The number of aromatic nitrogens is 2. The topological polar surface area (TPSA) is 87.8 Å². The molecular formula is C20H32N6O2S. The molecule has 29 heavy (non-hydrogen) atoms. The molecule has 3 heterocycles. The molecule has 1 aliphatic rings. The molecule has 0 radical (unpaired) electrons. The standard InChI is InChI=1S/C20H32N6O2S/c1-14(2)19-24-18(28-25-19)7-8-22-20(21-4)23-12-16(17-6-5-11-29-17)26-9-10-27-15(3)13-26/h5-6,11,14-16H,7-10,12-13H2,1-4H3,(H2,21,22,23). The van der Waals surface area contributed by atoms with E-state index in [1.54, 1.807) is 18.4 Å². The fourth-order valence-corrected chi connectivity index (χ4v) is 4.19. The van der Waals surface area contributed by atoms with Crippen LogP contribution >= 0.6 is 11.3 Å². The first-order valence-electron chi connectivity index (χ1n) is 10.2. The van der Waals surface area contributed by atoms with Gasteiger partial charge < -0.3 is 19.9 Å². The van der Waals surface area contributed by atoms with Crippen molar-refractivity contribution in [1.82, 2.24) is 25.7 Å². The molecule has 0 aliphatic carbocycles. The highest BCUT2D eigenvalue weighted by Gasteiger charge is 2.26. The Morgan fingerprint density at radius 3 is 2.93 bits per heavy atom. The summed E-state index contributed by atoms with van der Waals surface area (Å²) in [5.41, 5.74) is 0. The second-order valence-electron chi connectivity index (χ2n) is 7.54. The molecule has 9 heteroatoms. The highest BCUT2D eigenvalue weighted by molar-refractivity contribution is 7.10. The zero-order valence-corrected chi connectivity index (χ0v) is 18.5. The maximum absolute atomic E-state index is 5.72. The highest BCUT2D eigenvalue weighted by atomic mass is 32.1. The summed E-state index contributed by atoms with van der Waals surface area (Å²) in [5.74, 6) is 2.44. The normalized spacial score (nSPS) is 19.5. The Labute approximate surface area is 176 Å². The van der Waals surface area contributed by atoms with E-state index < -0.39 is 0 Å². The minimum Gasteiger partial charge on any atom is -0.376 e. The molecule has 0 bridgehead atoms. The first kappa shape index (κ1) is 21.7. The molecule has 0 saturated carbocycles. The van der Waals surface area contributed by atoms with E-state index in [2.05, 4.69) is 69.0 Å². The van der Waals surface area contributed by atoms with Crippen molar-refractivity contribution in [2.75, 3.05) is 39.8 Å². The van der Waals surface area contributed by atoms with E-state index in [1.807, 2.05) is 0 Å². The number of guanidine groups is 1. The van der Waals surface area contributed by atoms with Crippen molar-refractivity contribution >= 4 is 17.3 Å². The number of hydrogen-bond acceptors (Lipinski definition) is 7. The van der Waals surface area contributed by atoms with Crippen molar-refractivity contribution < 1.29 is 9.26 Å². The molecule has 2 N–H and O–H groups in total. The average Bonchev–Trinajstić information content (AvgIpc) is 3.39. The van der Waals surface area contributed by atoms with Gasteiger partial charge in [-0.2, -0.15) is 4.98 Å². The van der Waals surface area contributed by atoms with E-state index in [0.717, 1.165) is 38.0 Å². The summed E-state index contributed by atoms with van der Waals surface area (Å²) in [6.45, 7) is 10.4. The molecule has 2 unspecified atom stereocenters. The third-order valence-corrected chi connectivity index (χ3v) is 5.88. The molecule has 1 aliphatic heterocycles. The zero-order chi connectivity index (χ0) is 20.6. The van der Waals surface area contributed by atoms with Crippen LogP contribution in [0.1, 0.15) is 49.3 Å². The van der Waals surface area contributed by atoms with Gasteiger partial charge in [-0.25, -0.2) is 0 Å². The van der Waals surface area contributed by atoms with Gasteiger partial charge in [-0.05, 0) is 18.4 Å². The molecule has 1 saturated heterocycles. The molecule has 0 amide bonds. The van der Waals surface area contributed by atoms with Gasteiger partial charge in [0.15, 0.2) is 11.8 Å². The van der Waals surface area contributed by atoms with Crippen LogP contribution in [-0.2, 0) is 11.2 Å². The summed E-state index contributed by atoms with van der Waals surface area (Å²) in [6, 6.07) is 4.61. The van der Waals surface area contributed by atoms with Crippen molar-refractivity contribution in [1.29, 1.82) is 0 Å². The van der Waals surface area contributed by atoms with Gasteiger partial charge in [0.25, 0.3) is 0 Å². The number of nitrogens with one attached hydrogen (secondary N) is 2. The first-order chi connectivity index (χ1) is 14.1. The molecule has 0 aromatic carbocycles. The second kappa shape index (κ2) is 10.7. The second-order valence-corrected chi connectivity index (χ2v) is 8.52. The lowest BCUT2D eigenvalue weighted by Gasteiger charge is -2.37. The Kier molecular flexibility index (Phi) is 8.02. The van der Waals surface area contributed by atoms with Crippen LogP contribution in [0.5, 0.6) is 0 Å². The lowest BCUT2D eigenvalue weighted by Crippen LogP contribution is -2.48. The lowest BCUT2D eigenvalue weighted by atomic mass is 10.1. The van der Waals surface area contributed by atoms with E-state index in [0.29, 0.717) is 24.9 Å². The third kappa shape index (κ3) is 6.25. The summed E-state index contributed by atoms with van der Waals surface area (Å²) >= 11 is 1.79. The van der Waals surface area contributed by atoms with Crippen molar-refractivity contribution in [3.63, 3.8) is 0 Å². The Bertz CT molecular complexity index is 761. The Morgan fingerprint density at radius 1 is 1.41 bits per heavy atom. The Hall–Kier alpha value is -1.97. The van der Waals surface area contributed by atoms with Gasteiger partial charge in [-0.3, -0.25) is 9.89 Å². The maximum Gasteiger partial charge on any atom is 0.228 e. The van der Waals surface area contributed by atoms with Gasteiger partial charge in [0.05, 0.1) is 18.8 Å². The van der Waals surface area contributed by atoms with Crippen molar-refractivity contribution in [3.8, 4) is 0 Å². The monoisotopic (exact) mass is 420 g/mol. The summed E-state index contributed by atoms with van der Waals surface area (Å²) in [6.07, 6.45) is 0.921. The number of ether oxygens (including phenoxy) is 1. The minimum atomic E-state index is 0.258. The predicted molar refractivity (Wildman–Crippen MR) is 116 cm³/mol. The van der Waals surface area contributed by atoms with Gasteiger partial charge in [0.1, 0.15) is 0 Å². The van der Waals surface area contributed by atoms with E-state index in [4.69, 9.17) is 9.26 Å². The number of morpholine rings is 1. The highest BCUT2D eigenvalue weighted by Crippen LogP contribution is 2.26. The van der Waals surface area contributed by atoms with Crippen molar-refractivity contribution in [2.24, 2.45) is 4.99 Å². The SMILES string of the molecule is CN=C(NCCc1nc(C(C)C)no1)NCC(c1cccs1)N1CCOC(C)C1. The summed E-state index contributed by atoms with van der Waals surface area (Å²) in [5, 5.41) is 13.0. The average molecular weight is 421 g/mol. The van der Waals surface area contributed by atoms with Crippen LogP contribution in [0.15, 0.2) is 27.0 Å². The smallest absolute Gasteiger partial charge is 0.228 e. The van der Waals surface area contributed by atoms with Gasteiger partial charge in [-0.1, -0.05) is 25.1 Å². The van der Waals surface area contributed by atoms with Crippen LogP contribution in [0.4, 0.5) is 0 Å². The van der Waals surface area contributed by atoms with E-state index in [-0.39, 0.29) is 12.0 Å². The Morgan fingerprint density at radius 2 is 2.28 bits per heavy atom. The number of hydrogen-bond donors (Lipinski definition) is 2. The molecule has 0 spiro atoms. The minimum absolute atomic E-state index is 0.258. The molecular weight excluding hydrogens is 388 g/mol. The van der Waals surface area contributed by atoms with Crippen LogP contribution in [-0.4, -0.2) is 66.9 Å². The summed E-state index contributed by atoms with van der Waals surface area (Å²) < 4.78 is 11.0. The van der Waals surface area contributed by atoms with E-state index in [9.17, 15) is 0 Å². The van der Waals surface area contributed by atoms with Crippen molar-refractivity contribution in [3.05, 3.63) is 34.1 Å². The van der Waals surface area contributed by atoms with Crippen LogP contribution in [0.2, 0.25) is 0 Å². The largest absolute Gasteiger partial charge is 0.376 e. The van der Waals surface area contributed by atoms with Crippen LogP contribution in [0.3, 0.4) is 0 Å². The Balaban J connectivity index is 1.51. The number of thiophene rings is 1. The molecule has 3 rings (SSSR count). The molecule has 2 aromatic rings. The fourth-order valence-electron chi connectivity index (χ4n) is 3.32. The van der Waals surface area contributed by atoms with Gasteiger partial charge in [0, 0.05) is 50.4 Å². The molecule has 1 fully saturated rings. The van der Waals surface area contributed by atoms with Gasteiger partial charge in [0.2, 0.25) is 5.89 Å². The quantitative estimate of drug-likeness (QED) is 0.501. The molecule has 2 aromatic heterocycles. The summed E-state index contributed by atoms with van der Waals surface area (Å²) in [7, 11) is 1.79. The third-order valence-electron chi connectivity index (χ3n) is 4.90. The van der Waals surface area contributed by atoms with Crippen LogP contribution in [0.25, 0.3) is 0 Å². The van der Waals surface area contributed by atoms with Crippen LogP contribution in [0, 0.1) is 0 Å². The fraction of sp³-hybridized carbons (Fsp3) is 0.650. The maximum atomic E-state index is 5.72. The van der Waals surface area contributed by atoms with Gasteiger partial charge >= 0.3 is 0 Å². The predicted octanol–water partition coefficient (Wildman–Crippen LogP) is 2.42. The molecule has 2 atom stereocenters. The van der Waals surface area contributed by atoms with Crippen molar-refractivity contribution in [2.45, 2.75) is 45.3 Å².